The fraction of sp³-hybridized carbons (Fsp3) is 0.765. The second kappa shape index (κ2) is 5.91. The molecule has 0 saturated carbocycles. The summed E-state index contributed by atoms with van der Waals surface area (Å²) in [6.45, 7) is 5.00. The average molecular weight is 286 g/mol. The van der Waals surface area contributed by atoms with E-state index in [2.05, 4.69) is 19.8 Å². The summed E-state index contributed by atoms with van der Waals surface area (Å²) >= 11 is 0. The molecule has 3 aliphatic rings. The number of fused-ring (bicyclic) bond motifs is 1. The van der Waals surface area contributed by atoms with Crippen molar-refractivity contribution in [2.45, 2.75) is 57.4 Å². The van der Waals surface area contributed by atoms with Crippen molar-refractivity contribution in [1.82, 2.24) is 14.9 Å². The first-order valence-electron chi connectivity index (χ1n) is 8.73. The van der Waals surface area contributed by atoms with Gasteiger partial charge >= 0.3 is 0 Å². The number of nitrogens with zero attached hydrogens (tertiary/aromatic N) is 4. The molecule has 0 aromatic carbocycles. The molecule has 3 heterocycles. The molecule has 4 nitrogen and oxygen atoms in total. The van der Waals surface area contributed by atoms with Crippen LogP contribution in [0.3, 0.4) is 0 Å². The van der Waals surface area contributed by atoms with Gasteiger partial charge in [0.1, 0.15) is 12.1 Å². The predicted octanol–water partition coefficient (Wildman–Crippen LogP) is 2.42. The van der Waals surface area contributed by atoms with Gasteiger partial charge < -0.3 is 9.80 Å². The first kappa shape index (κ1) is 13.5. The summed E-state index contributed by atoms with van der Waals surface area (Å²) in [5.41, 5.74) is 2.74. The first-order chi connectivity index (χ1) is 10.4. The zero-order chi connectivity index (χ0) is 14.1. The van der Waals surface area contributed by atoms with E-state index in [9.17, 15) is 0 Å². The van der Waals surface area contributed by atoms with Gasteiger partial charge in [-0.1, -0.05) is 6.42 Å². The van der Waals surface area contributed by atoms with Gasteiger partial charge in [-0.3, -0.25) is 0 Å². The molecule has 2 saturated heterocycles. The van der Waals surface area contributed by atoms with Crippen LogP contribution in [0.25, 0.3) is 0 Å². The maximum Gasteiger partial charge on any atom is 0.135 e. The van der Waals surface area contributed by atoms with Gasteiger partial charge in [0.15, 0.2) is 0 Å². The van der Waals surface area contributed by atoms with E-state index in [-0.39, 0.29) is 0 Å². The highest BCUT2D eigenvalue weighted by Crippen LogP contribution is 2.30. The number of rotatable bonds is 2. The van der Waals surface area contributed by atoms with Crippen LogP contribution in [-0.4, -0.2) is 47.1 Å². The number of anilines is 1. The molecule has 4 rings (SSSR count). The van der Waals surface area contributed by atoms with E-state index >= 15 is 0 Å². The van der Waals surface area contributed by atoms with Crippen LogP contribution in [0.4, 0.5) is 5.82 Å². The lowest BCUT2D eigenvalue weighted by Crippen LogP contribution is -2.47. The van der Waals surface area contributed by atoms with Crippen molar-refractivity contribution < 1.29 is 0 Å². The van der Waals surface area contributed by atoms with E-state index in [4.69, 9.17) is 0 Å². The number of hydrogen-bond donors (Lipinski definition) is 0. The molecule has 21 heavy (non-hydrogen) atoms. The number of piperidine rings is 2. The normalized spacial score (nSPS) is 24.3. The smallest absolute Gasteiger partial charge is 0.135 e. The van der Waals surface area contributed by atoms with E-state index < -0.39 is 0 Å². The minimum atomic E-state index is 0.816. The summed E-state index contributed by atoms with van der Waals surface area (Å²) in [5, 5.41) is 0. The Bertz CT molecular complexity index is 488. The molecular formula is C17H26N4. The highest BCUT2D eigenvalue weighted by atomic mass is 15.2. The van der Waals surface area contributed by atoms with Crippen molar-refractivity contribution in [2.24, 2.45) is 0 Å². The molecule has 0 amide bonds. The number of likely N-dealkylation sites (tertiary alicyclic amines) is 1. The molecular weight excluding hydrogens is 260 g/mol. The number of hydrogen-bond acceptors (Lipinski definition) is 4. The van der Waals surface area contributed by atoms with Gasteiger partial charge in [-0.05, 0) is 58.0 Å². The van der Waals surface area contributed by atoms with Gasteiger partial charge in [0.25, 0.3) is 0 Å². The minimum Gasteiger partial charge on any atom is -0.356 e. The van der Waals surface area contributed by atoms with Gasteiger partial charge in [-0.15, -0.1) is 0 Å². The van der Waals surface area contributed by atoms with Crippen LogP contribution >= 0.6 is 0 Å². The highest BCUT2D eigenvalue weighted by Gasteiger charge is 2.28. The molecule has 2 fully saturated rings. The standard InChI is InChI=1S/C17H26N4/c1-2-9-20(10-3-1)14-7-11-21(12-8-14)17-15-5-4-6-16(15)18-13-19-17/h13-14H,1-12H2. The van der Waals surface area contributed by atoms with Crippen LogP contribution < -0.4 is 4.90 Å². The van der Waals surface area contributed by atoms with Gasteiger partial charge in [-0.25, -0.2) is 9.97 Å². The van der Waals surface area contributed by atoms with E-state index in [1.807, 2.05) is 0 Å². The Morgan fingerprint density at radius 3 is 2.48 bits per heavy atom. The lowest BCUT2D eigenvalue weighted by atomic mass is 9.99. The molecule has 2 aliphatic heterocycles. The third kappa shape index (κ3) is 2.66. The Hall–Kier alpha value is -1.16. The topological polar surface area (TPSA) is 32.3 Å². The predicted molar refractivity (Wildman–Crippen MR) is 84.7 cm³/mol. The van der Waals surface area contributed by atoms with E-state index in [1.165, 1.54) is 88.2 Å². The molecule has 114 valence electrons. The largest absolute Gasteiger partial charge is 0.356 e. The zero-order valence-corrected chi connectivity index (χ0v) is 12.9. The van der Waals surface area contributed by atoms with Gasteiger partial charge in [0, 0.05) is 30.4 Å². The summed E-state index contributed by atoms with van der Waals surface area (Å²) in [6, 6.07) is 0.816. The maximum absolute atomic E-state index is 4.61. The molecule has 0 bridgehead atoms. The van der Waals surface area contributed by atoms with Crippen LogP contribution in [0.15, 0.2) is 6.33 Å². The molecule has 4 heteroatoms. The monoisotopic (exact) mass is 286 g/mol. The van der Waals surface area contributed by atoms with Crippen molar-refractivity contribution in [3.05, 3.63) is 17.6 Å². The van der Waals surface area contributed by atoms with Crippen molar-refractivity contribution in [3.8, 4) is 0 Å². The SMILES string of the molecule is c1nc2c(c(N3CCC(N4CCCCC4)CC3)n1)CCC2. The van der Waals surface area contributed by atoms with Crippen LogP contribution in [0.5, 0.6) is 0 Å². The summed E-state index contributed by atoms with van der Waals surface area (Å²) in [5.74, 6) is 1.24. The third-order valence-corrected chi connectivity index (χ3v) is 5.52. The first-order valence-corrected chi connectivity index (χ1v) is 8.73. The average Bonchev–Trinajstić information content (AvgIpc) is 3.04. The molecule has 0 N–H and O–H groups in total. The van der Waals surface area contributed by atoms with E-state index in [0.29, 0.717) is 0 Å². The van der Waals surface area contributed by atoms with Gasteiger partial charge in [0.05, 0.1) is 0 Å². The quantitative estimate of drug-likeness (QED) is 0.836. The van der Waals surface area contributed by atoms with Crippen molar-refractivity contribution in [1.29, 1.82) is 0 Å². The molecule has 1 aromatic rings. The second-order valence-electron chi connectivity index (χ2n) is 6.79. The summed E-state index contributed by atoms with van der Waals surface area (Å²) in [4.78, 5) is 14.3. The Morgan fingerprint density at radius 1 is 0.857 bits per heavy atom. The van der Waals surface area contributed by atoms with Crippen LogP contribution in [0.1, 0.15) is 49.8 Å². The van der Waals surface area contributed by atoms with Crippen molar-refractivity contribution in [3.63, 3.8) is 0 Å². The molecule has 0 radical (unpaired) electrons. The number of aromatic nitrogens is 2. The van der Waals surface area contributed by atoms with E-state index in [0.717, 1.165) is 12.5 Å². The maximum atomic E-state index is 4.61. The lowest BCUT2D eigenvalue weighted by Gasteiger charge is -2.40. The van der Waals surface area contributed by atoms with Crippen LogP contribution in [0, 0.1) is 0 Å². The van der Waals surface area contributed by atoms with E-state index in [1.54, 1.807) is 6.33 Å². The van der Waals surface area contributed by atoms with Gasteiger partial charge in [-0.2, -0.15) is 0 Å². The van der Waals surface area contributed by atoms with Crippen LogP contribution in [-0.2, 0) is 12.8 Å². The Balaban J connectivity index is 1.42. The third-order valence-electron chi connectivity index (χ3n) is 5.52. The Labute approximate surface area is 127 Å². The van der Waals surface area contributed by atoms with Gasteiger partial charge in [0.2, 0.25) is 0 Å². The molecule has 0 spiro atoms. The molecule has 1 aliphatic carbocycles. The fourth-order valence-electron chi connectivity index (χ4n) is 4.34. The molecule has 0 atom stereocenters. The minimum absolute atomic E-state index is 0.816. The Morgan fingerprint density at radius 2 is 1.67 bits per heavy atom. The second-order valence-corrected chi connectivity index (χ2v) is 6.79. The molecule has 0 unspecified atom stereocenters. The van der Waals surface area contributed by atoms with Crippen LogP contribution in [0.2, 0.25) is 0 Å². The fourth-order valence-corrected chi connectivity index (χ4v) is 4.34. The Kier molecular flexibility index (Phi) is 3.80. The summed E-state index contributed by atoms with van der Waals surface area (Å²) in [6.07, 6.45) is 12.2. The molecule has 1 aromatic heterocycles. The lowest BCUT2D eigenvalue weighted by molar-refractivity contribution is 0.141. The summed E-state index contributed by atoms with van der Waals surface area (Å²) < 4.78 is 0. The van der Waals surface area contributed by atoms with Crippen molar-refractivity contribution in [2.75, 3.05) is 31.1 Å². The number of aryl methyl sites for hydroxylation is 1. The summed E-state index contributed by atoms with van der Waals surface area (Å²) in [7, 11) is 0. The zero-order valence-electron chi connectivity index (χ0n) is 12.9. The van der Waals surface area contributed by atoms with Crippen molar-refractivity contribution >= 4 is 5.82 Å². The highest BCUT2D eigenvalue weighted by molar-refractivity contribution is 5.50.